The molecule has 1 aromatic heterocycles. The summed E-state index contributed by atoms with van der Waals surface area (Å²) in [4.78, 5) is 28.1. The maximum Gasteiger partial charge on any atom is 0.328 e. The van der Waals surface area contributed by atoms with Gasteiger partial charge in [-0.3, -0.25) is 14.9 Å². The molecule has 8 nitrogen and oxygen atoms in total. The number of nitriles is 1. The lowest BCUT2D eigenvalue weighted by Crippen LogP contribution is -2.27. The van der Waals surface area contributed by atoms with Gasteiger partial charge in [0.25, 0.3) is 0 Å². The first-order valence-electron chi connectivity index (χ1n) is 7.58. The summed E-state index contributed by atoms with van der Waals surface area (Å²) in [5.74, 6) is -0.113. The van der Waals surface area contributed by atoms with Crippen LogP contribution in [0.5, 0.6) is 0 Å². The number of amides is 1. The maximum absolute atomic E-state index is 12.2. The molecule has 0 saturated carbocycles. The van der Waals surface area contributed by atoms with Gasteiger partial charge >= 0.3 is 5.69 Å². The number of hydrogen-bond donors (Lipinski definition) is 1. The number of nitro groups is 1. The van der Waals surface area contributed by atoms with Gasteiger partial charge in [0.05, 0.1) is 4.92 Å². The van der Waals surface area contributed by atoms with Crippen LogP contribution in [0.1, 0.15) is 17.5 Å². The highest BCUT2D eigenvalue weighted by atomic mass is 16.6. The zero-order valence-electron chi connectivity index (χ0n) is 13.7. The van der Waals surface area contributed by atoms with Crippen LogP contribution in [0.4, 0.5) is 11.5 Å². The van der Waals surface area contributed by atoms with E-state index in [1.807, 2.05) is 30.3 Å². The zero-order valence-corrected chi connectivity index (χ0v) is 13.7. The number of anilines is 1. The zero-order chi connectivity index (χ0) is 18.2. The number of pyridine rings is 1. The molecule has 0 aliphatic heterocycles. The van der Waals surface area contributed by atoms with Crippen molar-refractivity contribution in [3.8, 4) is 6.07 Å². The summed E-state index contributed by atoms with van der Waals surface area (Å²) in [6.45, 7) is 0.669. The SMILES string of the molecule is CN(Cc1ccccc1)C(=O)CCNc1nccc(C#N)c1[N+](=O)[O-]. The normalized spacial score (nSPS) is 9.92. The van der Waals surface area contributed by atoms with Crippen LogP contribution < -0.4 is 5.32 Å². The fourth-order valence-corrected chi connectivity index (χ4v) is 2.28. The number of nitrogens with zero attached hydrogens (tertiary/aromatic N) is 4. The second-order valence-corrected chi connectivity index (χ2v) is 5.34. The largest absolute Gasteiger partial charge is 0.364 e. The molecule has 25 heavy (non-hydrogen) atoms. The molecule has 0 atom stereocenters. The third-order valence-electron chi connectivity index (χ3n) is 3.55. The highest BCUT2D eigenvalue weighted by Crippen LogP contribution is 2.25. The van der Waals surface area contributed by atoms with Crippen LogP contribution in [-0.4, -0.2) is 34.3 Å². The van der Waals surface area contributed by atoms with E-state index in [0.29, 0.717) is 6.54 Å². The van der Waals surface area contributed by atoms with E-state index >= 15 is 0 Å². The molecule has 0 bridgehead atoms. The molecule has 0 saturated heterocycles. The standard InChI is InChI=1S/C17H17N5O3/c1-21(12-13-5-3-2-4-6-13)15(23)8-10-20-17-16(22(24)25)14(11-18)7-9-19-17/h2-7,9H,8,10,12H2,1H3,(H,19,20). The third kappa shape index (κ3) is 4.75. The molecule has 1 N–H and O–H groups in total. The van der Waals surface area contributed by atoms with Gasteiger partial charge in [0.1, 0.15) is 11.6 Å². The van der Waals surface area contributed by atoms with Crippen LogP contribution in [-0.2, 0) is 11.3 Å². The molecule has 0 aliphatic carbocycles. The molecule has 128 valence electrons. The predicted molar refractivity (Wildman–Crippen MR) is 91.6 cm³/mol. The maximum atomic E-state index is 12.2. The third-order valence-corrected chi connectivity index (χ3v) is 3.55. The van der Waals surface area contributed by atoms with Crippen molar-refractivity contribution in [1.29, 1.82) is 5.26 Å². The van der Waals surface area contributed by atoms with Crippen molar-refractivity contribution < 1.29 is 9.72 Å². The van der Waals surface area contributed by atoms with Crippen molar-refractivity contribution in [3.63, 3.8) is 0 Å². The van der Waals surface area contributed by atoms with Crippen molar-refractivity contribution in [3.05, 3.63) is 63.8 Å². The lowest BCUT2D eigenvalue weighted by Gasteiger charge is -2.17. The topological polar surface area (TPSA) is 112 Å². The molecular weight excluding hydrogens is 322 g/mol. The van der Waals surface area contributed by atoms with Gasteiger partial charge in [0.2, 0.25) is 11.7 Å². The molecule has 0 fully saturated rings. The highest BCUT2D eigenvalue weighted by molar-refractivity contribution is 5.76. The molecule has 2 rings (SSSR count). The number of nitrogens with one attached hydrogen (secondary N) is 1. The second kappa shape index (κ2) is 8.40. The van der Waals surface area contributed by atoms with E-state index in [4.69, 9.17) is 5.26 Å². The molecule has 0 radical (unpaired) electrons. The van der Waals surface area contributed by atoms with E-state index in [0.717, 1.165) is 5.56 Å². The van der Waals surface area contributed by atoms with E-state index < -0.39 is 4.92 Å². The Labute approximate surface area is 144 Å². The second-order valence-electron chi connectivity index (χ2n) is 5.34. The number of carbonyl (C=O) groups excluding carboxylic acids is 1. The van der Waals surface area contributed by atoms with Gasteiger partial charge in [-0.1, -0.05) is 30.3 Å². The van der Waals surface area contributed by atoms with Gasteiger partial charge in [-0.2, -0.15) is 5.26 Å². The Morgan fingerprint density at radius 3 is 2.72 bits per heavy atom. The number of hydrogen-bond acceptors (Lipinski definition) is 6. The van der Waals surface area contributed by atoms with Crippen LogP contribution in [0.3, 0.4) is 0 Å². The summed E-state index contributed by atoms with van der Waals surface area (Å²) in [6.07, 6.45) is 1.47. The van der Waals surface area contributed by atoms with E-state index in [9.17, 15) is 14.9 Å². The van der Waals surface area contributed by atoms with Crippen molar-refractivity contribution in [1.82, 2.24) is 9.88 Å². The monoisotopic (exact) mass is 339 g/mol. The van der Waals surface area contributed by atoms with Crippen molar-refractivity contribution >= 4 is 17.4 Å². The Morgan fingerprint density at radius 2 is 2.08 bits per heavy atom. The molecule has 1 amide bonds. The van der Waals surface area contributed by atoms with E-state index in [1.165, 1.54) is 12.3 Å². The van der Waals surface area contributed by atoms with Crippen LogP contribution >= 0.6 is 0 Å². The highest BCUT2D eigenvalue weighted by Gasteiger charge is 2.21. The predicted octanol–water partition coefficient (Wildman–Crippen LogP) is 2.32. The average molecular weight is 339 g/mol. The molecule has 0 aliphatic rings. The number of benzene rings is 1. The first kappa shape index (κ1) is 17.9. The lowest BCUT2D eigenvalue weighted by atomic mass is 10.2. The van der Waals surface area contributed by atoms with Crippen molar-refractivity contribution in [2.24, 2.45) is 0 Å². The van der Waals surface area contributed by atoms with Gasteiger partial charge in [-0.05, 0) is 11.6 Å². The summed E-state index contributed by atoms with van der Waals surface area (Å²) >= 11 is 0. The molecule has 0 spiro atoms. The van der Waals surface area contributed by atoms with Crippen LogP contribution in [0.25, 0.3) is 0 Å². The van der Waals surface area contributed by atoms with Crippen LogP contribution in [0, 0.1) is 21.4 Å². The average Bonchev–Trinajstić information content (AvgIpc) is 2.61. The van der Waals surface area contributed by atoms with Gasteiger partial charge in [0, 0.05) is 32.8 Å². The Hall–Kier alpha value is -3.47. The number of aromatic nitrogens is 1. The molecular formula is C17H17N5O3. The van der Waals surface area contributed by atoms with Gasteiger partial charge in [0.15, 0.2) is 0 Å². The number of carbonyl (C=O) groups is 1. The quantitative estimate of drug-likeness (QED) is 0.612. The summed E-state index contributed by atoms with van der Waals surface area (Å²) < 4.78 is 0. The molecule has 0 unspecified atom stereocenters. The van der Waals surface area contributed by atoms with E-state index in [-0.39, 0.29) is 35.9 Å². The first-order valence-corrected chi connectivity index (χ1v) is 7.58. The van der Waals surface area contributed by atoms with Crippen LogP contribution in [0.15, 0.2) is 42.6 Å². The van der Waals surface area contributed by atoms with Crippen LogP contribution in [0.2, 0.25) is 0 Å². The molecule has 8 heteroatoms. The minimum atomic E-state index is -0.656. The summed E-state index contributed by atoms with van der Waals surface area (Å²) in [5.41, 5.74) is 0.565. The first-order chi connectivity index (χ1) is 12.0. The van der Waals surface area contributed by atoms with Gasteiger partial charge < -0.3 is 10.2 Å². The summed E-state index contributed by atoms with van der Waals surface area (Å²) in [6, 6.07) is 12.6. The molecule has 1 heterocycles. The Morgan fingerprint density at radius 1 is 1.36 bits per heavy atom. The lowest BCUT2D eigenvalue weighted by molar-refractivity contribution is -0.384. The Bertz CT molecular complexity index is 802. The number of rotatable bonds is 7. The summed E-state index contributed by atoms with van der Waals surface area (Å²) in [5, 5.41) is 22.8. The van der Waals surface area contributed by atoms with Crippen molar-refractivity contribution in [2.75, 3.05) is 18.9 Å². The van der Waals surface area contributed by atoms with E-state index in [2.05, 4.69) is 10.3 Å². The Kier molecular flexibility index (Phi) is 6.01. The van der Waals surface area contributed by atoms with E-state index in [1.54, 1.807) is 18.0 Å². The Balaban J connectivity index is 1.93. The molecule has 1 aromatic carbocycles. The smallest absolute Gasteiger partial charge is 0.328 e. The fraction of sp³-hybridized carbons (Fsp3) is 0.235. The van der Waals surface area contributed by atoms with Crippen molar-refractivity contribution in [2.45, 2.75) is 13.0 Å². The summed E-state index contributed by atoms with van der Waals surface area (Å²) in [7, 11) is 1.70. The minimum Gasteiger partial charge on any atom is -0.364 e. The minimum absolute atomic E-state index is 0.0115. The van der Waals surface area contributed by atoms with Gasteiger partial charge in [-0.25, -0.2) is 4.98 Å². The molecule has 2 aromatic rings. The fourth-order valence-electron chi connectivity index (χ4n) is 2.28. The van der Waals surface area contributed by atoms with Gasteiger partial charge in [-0.15, -0.1) is 0 Å².